The van der Waals surface area contributed by atoms with Crippen LogP contribution in [0.4, 0.5) is 21.1 Å². The first-order chi connectivity index (χ1) is 17.4. The van der Waals surface area contributed by atoms with Crippen molar-refractivity contribution in [3.8, 4) is 5.69 Å². The SMILES string of the molecule is CC(C)(C)c1cc(NC(=O)Nc2ccc(Cl)cc2)n(-c2cccc(CNC(=O)N3CCNS3(=O)=O)c2)n1. The lowest BCUT2D eigenvalue weighted by Gasteiger charge is -2.15. The number of hydrogen-bond donors (Lipinski definition) is 4. The summed E-state index contributed by atoms with van der Waals surface area (Å²) in [4.78, 5) is 25.1. The lowest BCUT2D eigenvalue weighted by molar-refractivity contribution is 0.225. The molecule has 196 valence electrons. The van der Waals surface area contributed by atoms with E-state index < -0.39 is 22.3 Å². The van der Waals surface area contributed by atoms with Crippen molar-refractivity contribution in [2.75, 3.05) is 23.7 Å². The maximum atomic E-state index is 12.7. The molecule has 4 amide bonds. The molecule has 0 bridgehead atoms. The van der Waals surface area contributed by atoms with Gasteiger partial charge in [0.2, 0.25) is 0 Å². The molecule has 0 unspecified atom stereocenters. The molecule has 13 heteroatoms. The van der Waals surface area contributed by atoms with E-state index in [1.807, 2.05) is 26.8 Å². The molecule has 1 aromatic heterocycles. The molecule has 0 aliphatic carbocycles. The van der Waals surface area contributed by atoms with Gasteiger partial charge in [-0.15, -0.1) is 0 Å². The minimum Gasteiger partial charge on any atom is -0.333 e. The molecular formula is C24H28ClN7O4S. The molecule has 4 rings (SSSR count). The van der Waals surface area contributed by atoms with Gasteiger partial charge in [-0.05, 0) is 42.0 Å². The molecule has 37 heavy (non-hydrogen) atoms. The summed E-state index contributed by atoms with van der Waals surface area (Å²) in [5.41, 5.74) is 2.44. The predicted octanol–water partition coefficient (Wildman–Crippen LogP) is 3.83. The highest BCUT2D eigenvalue weighted by atomic mass is 35.5. The van der Waals surface area contributed by atoms with Crippen LogP contribution in [-0.4, -0.2) is 47.7 Å². The smallest absolute Gasteiger partial charge is 0.332 e. The molecule has 1 aliphatic rings. The van der Waals surface area contributed by atoms with E-state index >= 15 is 0 Å². The van der Waals surface area contributed by atoms with Gasteiger partial charge < -0.3 is 10.6 Å². The number of anilines is 2. The van der Waals surface area contributed by atoms with Crippen molar-refractivity contribution < 1.29 is 18.0 Å². The molecule has 3 aromatic rings. The molecule has 0 saturated carbocycles. The molecule has 11 nitrogen and oxygen atoms in total. The average molecular weight is 546 g/mol. The normalized spacial score (nSPS) is 14.9. The van der Waals surface area contributed by atoms with E-state index in [4.69, 9.17) is 16.7 Å². The molecule has 0 atom stereocenters. The Morgan fingerprint density at radius 1 is 1.08 bits per heavy atom. The summed E-state index contributed by atoms with van der Waals surface area (Å²) >= 11 is 5.92. The van der Waals surface area contributed by atoms with Crippen LogP contribution in [0.1, 0.15) is 32.0 Å². The van der Waals surface area contributed by atoms with Crippen LogP contribution in [0, 0.1) is 0 Å². The fourth-order valence-corrected chi connectivity index (χ4v) is 4.84. The van der Waals surface area contributed by atoms with Gasteiger partial charge in [-0.2, -0.15) is 18.2 Å². The van der Waals surface area contributed by atoms with Gasteiger partial charge in [-0.3, -0.25) is 5.32 Å². The quantitative estimate of drug-likeness (QED) is 0.386. The van der Waals surface area contributed by atoms with Crippen molar-refractivity contribution >= 4 is 45.4 Å². The van der Waals surface area contributed by atoms with E-state index in [1.54, 1.807) is 53.2 Å². The van der Waals surface area contributed by atoms with Gasteiger partial charge in [0.25, 0.3) is 0 Å². The zero-order valence-electron chi connectivity index (χ0n) is 20.6. The number of halogens is 1. The van der Waals surface area contributed by atoms with Crippen LogP contribution in [0.2, 0.25) is 5.02 Å². The van der Waals surface area contributed by atoms with Crippen LogP contribution in [0.15, 0.2) is 54.6 Å². The molecular weight excluding hydrogens is 518 g/mol. The van der Waals surface area contributed by atoms with Crippen LogP contribution in [0.25, 0.3) is 5.69 Å². The van der Waals surface area contributed by atoms with Gasteiger partial charge in [0, 0.05) is 35.3 Å². The summed E-state index contributed by atoms with van der Waals surface area (Å²) < 4.78 is 28.4. The van der Waals surface area contributed by atoms with E-state index in [0.717, 1.165) is 15.6 Å². The second kappa shape index (κ2) is 10.4. The number of hydrogen-bond acceptors (Lipinski definition) is 5. The third-order valence-electron chi connectivity index (χ3n) is 5.54. The lowest BCUT2D eigenvalue weighted by Crippen LogP contribution is -2.41. The first-order valence-electron chi connectivity index (χ1n) is 11.5. The minimum atomic E-state index is -3.79. The number of carbonyl (C=O) groups is 2. The van der Waals surface area contributed by atoms with Gasteiger partial charge in [-0.1, -0.05) is 44.5 Å². The molecule has 2 aromatic carbocycles. The Labute approximate surface area is 220 Å². The number of urea groups is 2. The third kappa shape index (κ3) is 6.40. The van der Waals surface area contributed by atoms with Crippen LogP contribution in [0.3, 0.4) is 0 Å². The van der Waals surface area contributed by atoms with Gasteiger partial charge in [0.05, 0.1) is 17.9 Å². The number of nitrogens with one attached hydrogen (secondary N) is 4. The monoisotopic (exact) mass is 545 g/mol. The Morgan fingerprint density at radius 2 is 1.81 bits per heavy atom. The molecule has 4 N–H and O–H groups in total. The van der Waals surface area contributed by atoms with E-state index in [0.29, 0.717) is 22.2 Å². The van der Waals surface area contributed by atoms with E-state index in [1.165, 1.54) is 0 Å². The molecule has 1 aliphatic heterocycles. The highest BCUT2D eigenvalue weighted by molar-refractivity contribution is 7.87. The summed E-state index contributed by atoms with van der Waals surface area (Å²) in [7, 11) is -3.79. The van der Waals surface area contributed by atoms with E-state index in [9.17, 15) is 18.0 Å². The summed E-state index contributed by atoms with van der Waals surface area (Å²) in [5.74, 6) is 0.451. The molecule has 1 saturated heterocycles. The molecule has 0 spiro atoms. The zero-order chi connectivity index (χ0) is 26.8. The fraction of sp³-hybridized carbons (Fsp3) is 0.292. The van der Waals surface area contributed by atoms with Crippen LogP contribution < -0.4 is 20.7 Å². The number of nitrogens with zero attached hydrogens (tertiary/aromatic N) is 3. The Bertz CT molecular complexity index is 1420. The first kappa shape index (κ1) is 26.5. The summed E-state index contributed by atoms with van der Waals surface area (Å²) in [5, 5.41) is 13.5. The highest BCUT2D eigenvalue weighted by Gasteiger charge is 2.32. The van der Waals surface area contributed by atoms with Gasteiger partial charge in [-0.25, -0.2) is 18.6 Å². The number of benzene rings is 2. The number of rotatable bonds is 5. The lowest BCUT2D eigenvalue weighted by atomic mass is 9.92. The number of amides is 4. The maximum absolute atomic E-state index is 12.7. The summed E-state index contributed by atoms with van der Waals surface area (Å²) in [6.45, 7) is 6.41. The fourth-order valence-electron chi connectivity index (χ4n) is 3.59. The minimum absolute atomic E-state index is 0.0736. The molecule has 1 fully saturated rings. The van der Waals surface area contributed by atoms with E-state index in [2.05, 4.69) is 20.7 Å². The Kier molecular flexibility index (Phi) is 7.44. The largest absolute Gasteiger partial charge is 0.333 e. The second-order valence-corrected chi connectivity index (χ2v) is 11.6. The van der Waals surface area contributed by atoms with Gasteiger partial charge in [0.1, 0.15) is 5.82 Å². The van der Waals surface area contributed by atoms with Gasteiger partial charge in [0.15, 0.2) is 0 Å². The number of carbonyl (C=O) groups excluding carboxylic acids is 2. The summed E-state index contributed by atoms with van der Waals surface area (Å²) in [6, 6.07) is 14.6. The second-order valence-electron chi connectivity index (χ2n) is 9.46. The Hall–Kier alpha value is -3.61. The maximum Gasteiger partial charge on any atom is 0.332 e. The molecule has 0 radical (unpaired) electrons. The van der Waals surface area contributed by atoms with Crippen molar-refractivity contribution in [2.45, 2.75) is 32.7 Å². The van der Waals surface area contributed by atoms with Crippen molar-refractivity contribution in [1.82, 2.24) is 24.1 Å². The standard InChI is InChI=1S/C24H28ClN7O4S/c1-24(2,3)20-14-21(29-22(33)28-18-9-7-17(25)8-10-18)32(30-20)19-6-4-5-16(13-19)15-26-23(34)31-12-11-27-37(31,35)36/h4-10,13-14,27H,11-12,15H2,1-3H3,(H,26,34)(H2,28,29,33). The predicted molar refractivity (Wildman–Crippen MR) is 142 cm³/mol. The van der Waals surface area contributed by atoms with Crippen LogP contribution >= 0.6 is 11.6 Å². The Morgan fingerprint density at radius 3 is 2.46 bits per heavy atom. The van der Waals surface area contributed by atoms with Crippen LogP contribution in [-0.2, 0) is 22.2 Å². The van der Waals surface area contributed by atoms with Crippen molar-refractivity contribution in [2.24, 2.45) is 0 Å². The van der Waals surface area contributed by atoms with E-state index in [-0.39, 0.29) is 25.0 Å². The average Bonchev–Trinajstić information content (AvgIpc) is 3.42. The van der Waals surface area contributed by atoms with Crippen LogP contribution in [0.5, 0.6) is 0 Å². The zero-order valence-corrected chi connectivity index (χ0v) is 22.2. The summed E-state index contributed by atoms with van der Waals surface area (Å²) in [6.07, 6.45) is 0. The molecule has 2 heterocycles. The third-order valence-corrected chi connectivity index (χ3v) is 7.29. The van der Waals surface area contributed by atoms with Gasteiger partial charge >= 0.3 is 22.3 Å². The first-order valence-corrected chi connectivity index (χ1v) is 13.3. The highest BCUT2D eigenvalue weighted by Crippen LogP contribution is 2.27. The number of aromatic nitrogens is 2. The Balaban J connectivity index is 1.54. The topological polar surface area (TPSA) is 137 Å². The van der Waals surface area contributed by atoms with Crippen molar-refractivity contribution in [1.29, 1.82) is 0 Å². The van der Waals surface area contributed by atoms with Crippen molar-refractivity contribution in [3.63, 3.8) is 0 Å². The van der Waals surface area contributed by atoms with Crippen molar-refractivity contribution in [3.05, 3.63) is 70.9 Å².